The van der Waals surface area contributed by atoms with Gasteiger partial charge in [-0.2, -0.15) is 0 Å². The topological polar surface area (TPSA) is 63.1 Å². The highest BCUT2D eigenvalue weighted by Crippen LogP contribution is 2.16. The largest absolute Gasteiger partial charge is 0.476 e. The highest BCUT2D eigenvalue weighted by molar-refractivity contribution is 5.85. The fourth-order valence-corrected chi connectivity index (χ4v) is 1.55. The minimum absolute atomic E-state index is 0. The summed E-state index contributed by atoms with van der Waals surface area (Å²) in [5, 5.41) is 8.68. The molecule has 1 N–H and O–H groups in total. The maximum atomic E-state index is 10.6. The lowest BCUT2D eigenvalue weighted by Gasteiger charge is -2.12. The van der Waals surface area contributed by atoms with Crippen molar-refractivity contribution < 1.29 is 9.90 Å². The average Bonchev–Trinajstić information content (AvgIpc) is 2.17. The standard InChI is InChI=1S/C9H10N2O2.ClH/c12-9(13)8-5-10-6-3-1-2-4-7(6)11-8;/h5H,1-4H2,(H,12,13);1H. The molecule has 0 spiro atoms. The molecule has 0 unspecified atom stereocenters. The van der Waals surface area contributed by atoms with Crippen LogP contribution in [0.3, 0.4) is 0 Å². The van der Waals surface area contributed by atoms with Crippen LogP contribution in [0, 0.1) is 0 Å². The van der Waals surface area contributed by atoms with Gasteiger partial charge in [-0.05, 0) is 25.7 Å². The Hall–Kier alpha value is -1.16. The lowest BCUT2D eigenvalue weighted by atomic mass is 10.0. The van der Waals surface area contributed by atoms with Gasteiger partial charge in [-0.1, -0.05) is 0 Å². The molecule has 0 saturated heterocycles. The molecule has 0 amide bonds. The van der Waals surface area contributed by atoms with E-state index in [-0.39, 0.29) is 18.1 Å². The summed E-state index contributed by atoms with van der Waals surface area (Å²) in [6.45, 7) is 0. The zero-order chi connectivity index (χ0) is 9.26. The van der Waals surface area contributed by atoms with Crippen molar-refractivity contribution >= 4 is 18.4 Å². The molecule has 1 aliphatic rings. The number of carboxylic acids is 1. The van der Waals surface area contributed by atoms with Crippen LogP contribution in [-0.2, 0) is 12.8 Å². The maximum absolute atomic E-state index is 10.6. The van der Waals surface area contributed by atoms with Crippen molar-refractivity contribution in [3.63, 3.8) is 0 Å². The van der Waals surface area contributed by atoms with Crippen LogP contribution in [0.4, 0.5) is 0 Å². The number of carbonyl (C=O) groups is 1. The van der Waals surface area contributed by atoms with Crippen molar-refractivity contribution in [1.29, 1.82) is 0 Å². The molecule has 0 aromatic carbocycles. The van der Waals surface area contributed by atoms with Crippen LogP contribution >= 0.6 is 12.4 Å². The summed E-state index contributed by atoms with van der Waals surface area (Å²) < 4.78 is 0. The lowest BCUT2D eigenvalue weighted by molar-refractivity contribution is 0.0689. The van der Waals surface area contributed by atoms with Crippen molar-refractivity contribution in [2.45, 2.75) is 25.7 Å². The van der Waals surface area contributed by atoms with Gasteiger partial charge in [0.05, 0.1) is 17.6 Å². The second-order valence-corrected chi connectivity index (χ2v) is 3.16. The normalized spacial score (nSPS) is 14.0. The Balaban J connectivity index is 0.000000980. The van der Waals surface area contributed by atoms with Crippen molar-refractivity contribution in [2.75, 3.05) is 0 Å². The summed E-state index contributed by atoms with van der Waals surface area (Å²) in [5.74, 6) is -0.999. The summed E-state index contributed by atoms with van der Waals surface area (Å²) in [4.78, 5) is 18.7. The van der Waals surface area contributed by atoms with Gasteiger partial charge < -0.3 is 5.11 Å². The molecule has 0 bridgehead atoms. The van der Waals surface area contributed by atoms with Gasteiger partial charge in [0.1, 0.15) is 0 Å². The van der Waals surface area contributed by atoms with Gasteiger partial charge in [-0.3, -0.25) is 4.98 Å². The predicted molar refractivity (Wildman–Crippen MR) is 52.9 cm³/mol. The van der Waals surface area contributed by atoms with E-state index in [1.165, 1.54) is 6.20 Å². The van der Waals surface area contributed by atoms with Crippen molar-refractivity contribution in [3.8, 4) is 0 Å². The van der Waals surface area contributed by atoms with E-state index in [2.05, 4.69) is 9.97 Å². The Bertz CT molecular complexity index is 355. The first-order valence-corrected chi connectivity index (χ1v) is 4.35. The Morgan fingerprint density at radius 2 is 1.93 bits per heavy atom. The van der Waals surface area contributed by atoms with E-state index in [1.54, 1.807) is 0 Å². The Labute approximate surface area is 87.8 Å². The molecule has 1 aliphatic carbocycles. The number of aromatic carboxylic acids is 1. The van der Waals surface area contributed by atoms with E-state index in [9.17, 15) is 4.79 Å². The molecule has 0 fully saturated rings. The van der Waals surface area contributed by atoms with Gasteiger partial charge in [0.15, 0.2) is 5.69 Å². The van der Waals surface area contributed by atoms with Gasteiger partial charge in [0.25, 0.3) is 0 Å². The molecule has 0 radical (unpaired) electrons. The number of aryl methyl sites for hydroxylation is 2. The van der Waals surface area contributed by atoms with Crippen LogP contribution in [0.15, 0.2) is 6.20 Å². The molecule has 0 aliphatic heterocycles. The zero-order valence-corrected chi connectivity index (χ0v) is 8.38. The van der Waals surface area contributed by atoms with Crippen LogP contribution in [0.2, 0.25) is 0 Å². The number of fused-ring (bicyclic) bond motifs is 1. The van der Waals surface area contributed by atoms with E-state index >= 15 is 0 Å². The number of rotatable bonds is 1. The van der Waals surface area contributed by atoms with E-state index < -0.39 is 5.97 Å². The summed E-state index contributed by atoms with van der Waals surface area (Å²) in [7, 11) is 0. The first-order chi connectivity index (χ1) is 6.27. The third-order valence-electron chi connectivity index (χ3n) is 2.23. The molecule has 1 aromatic heterocycles. The van der Waals surface area contributed by atoms with E-state index in [4.69, 9.17) is 5.11 Å². The molecule has 5 heteroatoms. The molecule has 1 heterocycles. The number of aromatic nitrogens is 2. The Morgan fingerprint density at radius 3 is 2.57 bits per heavy atom. The highest BCUT2D eigenvalue weighted by atomic mass is 35.5. The van der Waals surface area contributed by atoms with Crippen LogP contribution in [0.25, 0.3) is 0 Å². The second kappa shape index (κ2) is 4.37. The monoisotopic (exact) mass is 214 g/mol. The number of nitrogens with zero attached hydrogens (tertiary/aromatic N) is 2. The second-order valence-electron chi connectivity index (χ2n) is 3.16. The predicted octanol–water partition coefficient (Wildman–Crippen LogP) is 1.48. The van der Waals surface area contributed by atoms with Crippen molar-refractivity contribution in [1.82, 2.24) is 9.97 Å². The minimum Gasteiger partial charge on any atom is -0.476 e. The van der Waals surface area contributed by atoms with E-state index in [1.807, 2.05) is 0 Å². The van der Waals surface area contributed by atoms with E-state index in [0.717, 1.165) is 37.1 Å². The number of halogens is 1. The van der Waals surface area contributed by atoms with Crippen LogP contribution in [-0.4, -0.2) is 21.0 Å². The van der Waals surface area contributed by atoms with Gasteiger partial charge >= 0.3 is 5.97 Å². The molecular weight excluding hydrogens is 204 g/mol. The lowest BCUT2D eigenvalue weighted by Crippen LogP contribution is -2.11. The van der Waals surface area contributed by atoms with Gasteiger partial charge in [-0.25, -0.2) is 9.78 Å². The number of hydrogen-bond acceptors (Lipinski definition) is 3. The third kappa shape index (κ3) is 2.01. The molecule has 0 saturated carbocycles. The molecular formula is C9H11ClN2O2. The molecule has 1 aromatic rings. The summed E-state index contributed by atoms with van der Waals surface area (Å²) in [6.07, 6.45) is 5.36. The molecule has 76 valence electrons. The quantitative estimate of drug-likeness (QED) is 0.769. The fraction of sp³-hybridized carbons (Fsp3) is 0.444. The summed E-state index contributed by atoms with van der Waals surface area (Å²) >= 11 is 0. The molecule has 2 rings (SSSR count). The van der Waals surface area contributed by atoms with Gasteiger partial charge in [0, 0.05) is 0 Å². The minimum atomic E-state index is -0.999. The van der Waals surface area contributed by atoms with Crippen LogP contribution in [0.1, 0.15) is 34.7 Å². The van der Waals surface area contributed by atoms with Crippen LogP contribution < -0.4 is 0 Å². The molecule has 14 heavy (non-hydrogen) atoms. The Morgan fingerprint density at radius 1 is 1.29 bits per heavy atom. The fourth-order valence-electron chi connectivity index (χ4n) is 1.55. The summed E-state index contributed by atoms with van der Waals surface area (Å²) in [6, 6.07) is 0. The van der Waals surface area contributed by atoms with Gasteiger partial charge in [0.2, 0.25) is 0 Å². The maximum Gasteiger partial charge on any atom is 0.356 e. The van der Waals surface area contributed by atoms with Gasteiger partial charge in [-0.15, -0.1) is 12.4 Å². The number of carboxylic acid groups (broad SMARTS) is 1. The SMILES string of the molecule is Cl.O=C(O)c1cnc2c(n1)CCCC2. The Kier molecular flexibility index (Phi) is 3.41. The molecule has 0 atom stereocenters. The first-order valence-electron chi connectivity index (χ1n) is 4.35. The van der Waals surface area contributed by atoms with Crippen molar-refractivity contribution in [2.24, 2.45) is 0 Å². The first kappa shape index (κ1) is 10.9. The highest BCUT2D eigenvalue weighted by Gasteiger charge is 2.14. The molecule has 4 nitrogen and oxygen atoms in total. The van der Waals surface area contributed by atoms with Crippen molar-refractivity contribution in [3.05, 3.63) is 23.3 Å². The zero-order valence-electron chi connectivity index (χ0n) is 7.56. The number of hydrogen-bond donors (Lipinski definition) is 1. The third-order valence-corrected chi connectivity index (χ3v) is 2.23. The van der Waals surface area contributed by atoms with E-state index in [0.29, 0.717) is 0 Å². The summed E-state index contributed by atoms with van der Waals surface area (Å²) in [5.41, 5.74) is 1.89. The van der Waals surface area contributed by atoms with Crippen LogP contribution in [0.5, 0.6) is 0 Å². The smallest absolute Gasteiger partial charge is 0.356 e. The average molecular weight is 215 g/mol.